The van der Waals surface area contributed by atoms with Gasteiger partial charge in [-0.2, -0.15) is 0 Å². The van der Waals surface area contributed by atoms with Crippen molar-refractivity contribution in [1.29, 1.82) is 0 Å². The number of aliphatic hydroxyl groups excluding tert-OH is 1. The van der Waals surface area contributed by atoms with Gasteiger partial charge in [-0.25, -0.2) is 4.79 Å². The zero-order valence-electron chi connectivity index (χ0n) is 17.6. The minimum atomic E-state index is -1.28. The Labute approximate surface area is 175 Å². The molecule has 1 aromatic heterocycles. The molecule has 1 rings (SSSR count). The zero-order chi connectivity index (χ0) is 22.4. The van der Waals surface area contributed by atoms with Crippen molar-refractivity contribution in [2.45, 2.75) is 51.7 Å². The summed E-state index contributed by atoms with van der Waals surface area (Å²) < 4.78 is 0. The molecule has 7 nitrogen and oxygen atoms in total. The molecule has 0 fully saturated rings. The molecular weight excluding hydrogens is 392 g/mol. The molecule has 2 N–H and O–H groups in total. The first-order valence-corrected chi connectivity index (χ1v) is 10.1. The summed E-state index contributed by atoms with van der Waals surface area (Å²) >= 11 is 1.31. The summed E-state index contributed by atoms with van der Waals surface area (Å²) in [6.07, 6.45) is 3.24. The van der Waals surface area contributed by atoms with Crippen molar-refractivity contribution in [3.63, 3.8) is 0 Å². The first-order chi connectivity index (χ1) is 13.4. The van der Waals surface area contributed by atoms with Crippen LogP contribution in [-0.4, -0.2) is 62.0 Å². The summed E-state index contributed by atoms with van der Waals surface area (Å²) in [4.78, 5) is 41.1. The Balaban J connectivity index is 3.63. The fourth-order valence-electron chi connectivity index (χ4n) is 2.85. The van der Waals surface area contributed by atoms with E-state index in [1.54, 1.807) is 42.3 Å². The number of aliphatic carboxylic acids is 1. The Kier molecular flexibility index (Phi) is 8.35. The van der Waals surface area contributed by atoms with E-state index < -0.39 is 35.6 Å². The lowest BCUT2D eigenvalue weighted by molar-refractivity contribution is -0.153. The van der Waals surface area contributed by atoms with Crippen LogP contribution in [0.15, 0.2) is 42.3 Å². The molecule has 0 aliphatic heterocycles. The molecule has 0 aromatic carbocycles. The number of carbonyl (C=O) groups excluding carboxylic acids is 2. The van der Waals surface area contributed by atoms with E-state index in [0.717, 1.165) is 12.2 Å². The van der Waals surface area contributed by atoms with Crippen LogP contribution in [0.1, 0.15) is 45.5 Å². The van der Waals surface area contributed by atoms with Crippen LogP contribution in [0.5, 0.6) is 0 Å². The van der Waals surface area contributed by atoms with Gasteiger partial charge in [0.15, 0.2) is 0 Å². The van der Waals surface area contributed by atoms with Gasteiger partial charge in [-0.05, 0) is 46.1 Å². The van der Waals surface area contributed by atoms with Crippen molar-refractivity contribution in [3.05, 3.63) is 47.2 Å². The SMILES string of the molecule is C=CCN(C(=O)C(c1cccs1)N(C(=O)/C=C\C(=O)O)C(C)(C)CO)C(C)(C)C. The third kappa shape index (κ3) is 6.27. The highest BCUT2D eigenvalue weighted by atomic mass is 32.1. The van der Waals surface area contributed by atoms with E-state index in [4.69, 9.17) is 5.11 Å². The fraction of sp³-hybridized carbons (Fsp3) is 0.476. The standard InChI is InChI=1S/C21H30N2O5S/c1-7-12-22(20(2,3)4)19(28)18(15-9-8-13-29-15)23(21(5,6)14-24)16(25)10-11-17(26)27/h7-11,13,18,24H,1,12,14H2,2-6H3,(H,26,27)/b11-10-. The molecule has 160 valence electrons. The second kappa shape index (κ2) is 9.84. The summed E-state index contributed by atoms with van der Waals surface area (Å²) in [6, 6.07) is 2.50. The number of carboxylic acid groups (broad SMARTS) is 1. The maximum absolute atomic E-state index is 13.7. The Hall–Kier alpha value is -2.45. The molecule has 29 heavy (non-hydrogen) atoms. The second-order valence-corrected chi connectivity index (χ2v) is 9.16. The number of rotatable bonds is 9. The molecule has 2 amide bonds. The van der Waals surface area contributed by atoms with E-state index in [1.807, 2.05) is 20.8 Å². The van der Waals surface area contributed by atoms with Crippen LogP contribution in [0.25, 0.3) is 0 Å². The van der Waals surface area contributed by atoms with E-state index >= 15 is 0 Å². The molecule has 1 aromatic rings. The van der Waals surface area contributed by atoms with Crippen molar-refractivity contribution < 1.29 is 24.6 Å². The molecule has 0 bridgehead atoms. The molecule has 0 saturated heterocycles. The van der Waals surface area contributed by atoms with Crippen molar-refractivity contribution in [2.24, 2.45) is 0 Å². The van der Waals surface area contributed by atoms with Crippen molar-refractivity contribution in [2.75, 3.05) is 13.2 Å². The molecule has 0 radical (unpaired) electrons. The van der Waals surface area contributed by atoms with Gasteiger partial charge in [0.1, 0.15) is 6.04 Å². The molecule has 0 saturated carbocycles. The Morgan fingerprint density at radius 1 is 1.21 bits per heavy atom. The number of hydrogen-bond acceptors (Lipinski definition) is 5. The number of thiophene rings is 1. The molecule has 0 aliphatic carbocycles. The Morgan fingerprint density at radius 3 is 2.24 bits per heavy atom. The molecule has 0 aliphatic rings. The Bertz CT molecular complexity index is 763. The number of hydrogen-bond donors (Lipinski definition) is 2. The summed E-state index contributed by atoms with van der Waals surface area (Å²) in [5.74, 6) is -2.29. The number of aliphatic hydroxyl groups is 1. The summed E-state index contributed by atoms with van der Waals surface area (Å²) in [7, 11) is 0. The van der Waals surface area contributed by atoms with Crippen LogP contribution in [0.2, 0.25) is 0 Å². The van der Waals surface area contributed by atoms with Gasteiger partial charge in [0.2, 0.25) is 5.91 Å². The van der Waals surface area contributed by atoms with Crippen LogP contribution in [0, 0.1) is 0 Å². The fourth-order valence-corrected chi connectivity index (χ4v) is 3.66. The summed E-state index contributed by atoms with van der Waals surface area (Å²) in [5, 5.41) is 20.7. The third-order valence-corrected chi connectivity index (χ3v) is 5.26. The number of amides is 2. The van der Waals surface area contributed by atoms with Gasteiger partial charge in [-0.1, -0.05) is 12.1 Å². The van der Waals surface area contributed by atoms with Crippen LogP contribution >= 0.6 is 11.3 Å². The van der Waals surface area contributed by atoms with Gasteiger partial charge in [-0.15, -0.1) is 17.9 Å². The Morgan fingerprint density at radius 2 is 1.83 bits per heavy atom. The normalized spacial score (nSPS) is 13.2. The average molecular weight is 423 g/mol. The van der Waals surface area contributed by atoms with Crippen LogP contribution < -0.4 is 0 Å². The summed E-state index contributed by atoms with van der Waals surface area (Å²) in [6.45, 7) is 12.5. The van der Waals surface area contributed by atoms with E-state index in [9.17, 15) is 19.5 Å². The first kappa shape index (κ1) is 24.6. The quantitative estimate of drug-likeness (QED) is 0.471. The molecule has 0 spiro atoms. The first-order valence-electron chi connectivity index (χ1n) is 9.17. The highest BCUT2D eigenvalue weighted by Crippen LogP contribution is 2.34. The highest BCUT2D eigenvalue weighted by molar-refractivity contribution is 7.10. The highest BCUT2D eigenvalue weighted by Gasteiger charge is 2.43. The van der Waals surface area contributed by atoms with Gasteiger partial charge in [0, 0.05) is 29.1 Å². The van der Waals surface area contributed by atoms with Crippen LogP contribution in [0.4, 0.5) is 0 Å². The predicted molar refractivity (Wildman–Crippen MR) is 114 cm³/mol. The van der Waals surface area contributed by atoms with Gasteiger partial charge in [0.25, 0.3) is 5.91 Å². The molecule has 1 heterocycles. The molecule has 8 heteroatoms. The van der Waals surface area contributed by atoms with Crippen molar-refractivity contribution in [3.8, 4) is 0 Å². The van der Waals surface area contributed by atoms with Gasteiger partial charge in [-0.3, -0.25) is 9.59 Å². The van der Waals surface area contributed by atoms with Gasteiger partial charge in [0.05, 0.1) is 12.1 Å². The van der Waals surface area contributed by atoms with Crippen molar-refractivity contribution >= 4 is 29.1 Å². The minimum Gasteiger partial charge on any atom is -0.478 e. The topological polar surface area (TPSA) is 98.2 Å². The maximum Gasteiger partial charge on any atom is 0.328 e. The van der Waals surface area contributed by atoms with Crippen molar-refractivity contribution in [1.82, 2.24) is 9.80 Å². The zero-order valence-corrected chi connectivity index (χ0v) is 18.4. The van der Waals surface area contributed by atoms with Gasteiger partial charge < -0.3 is 20.0 Å². The third-order valence-electron chi connectivity index (χ3n) is 4.34. The predicted octanol–water partition coefficient (Wildman–Crippen LogP) is 2.84. The minimum absolute atomic E-state index is 0.275. The average Bonchev–Trinajstić information content (AvgIpc) is 3.14. The molecule has 1 atom stereocenters. The monoisotopic (exact) mass is 422 g/mol. The summed E-state index contributed by atoms with van der Waals surface area (Å²) in [5.41, 5.74) is -1.67. The number of carbonyl (C=O) groups is 3. The molecule has 1 unspecified atom stereocenters. The van der Waals surface area contributed by atoms with E-state index in [1.165, 1.54) is 16.2 Å². The lowest BCUT2D eigenvalue weighted by atomic mass is 9.97. The van der Waals surface area contributed by atoms with Crippen LogP contribution in [-0.2, 0) is 14.4 Å². The van der Waals surface area contributed by atoms with E-state index in [2.05, 4.69) is 6.58 Å². The van der Waals surface area contributed by atoms with E-state index in [0.29, 0.717) is 4.88 Å². The second-order valence-electron chi connectivity index (χ2n) is 8.18. The van der Waals surface area contributed by atoms with Crippen LogP contribution in [0.3, 0.4) is 0 Å². The van der Waals surface area contributed by atoms with Gasteiger partial charge >= 0.3 is 5.97 Å². The molecular formula is C21H30N2O5S. The number of nitrogens with zero attached hydrogens (tertiary/aromatic N) is 2. The number of carboxylic acids is 1. The lowest BCUT2D eigenvalue weighted by Gasteiger charge is -2.45. The lowest BCUT2D eigenvalue weighted by Crippen LogP contribution is -2.57. The van der Waals surface area contributed by atoms with E-state index in [-0.39, 0.29) is 12.5 Å². The smallest absolute Gasteiger partial charge is 0.328 e. The largest absolute Gasteiger partial charge is 0.478 e. The maximum atomic E-state index is 13.7.